The van der Waals surface area contributed by atoms with E-state index in [4.69, 9.17) is 11.6 Å². The van der Waals surface area contributed by atoms with Gasteiger partial charge in [0.15, 0.2) is 0 Å². The number of nitrogens with zero attached hydrogens (tertiary/aromatic N) is 1. The molecule has 0 aliphatic rings. The fraction of sp³-hybridized carbons (Fsp3) is 0.154. The lowest BCUT2D eigenvalue weighted by molar-refractivity contribution is -0.385. The lowest BCUT2D eigenvalue weighted by Gasteiger charge is -2.06. The summed E-state index contributed by atoms with van der Waals surface area (Å²) in [5.41, 5.74) is 0.735. The number of halogens is 1. The maximum atomic E-state index is 12.0. The molecule has 2 aromatic rings. The Labute approximate surface area is 124 Å². The van der Waals surface area contributed by atoms with Crippen LogP contribution in [0, 0.1) is 10.1 Å². The summed E-state index contributed by atoms with van der Waals surface area (Å²) in [6, 6.07) is 6.14. The molecule has 0 aliphatic carbocycles. The number of carbonyl (C=O) groups excluding carboxylic acids is 1. The van der Waals surface area contributed by atoms with Gasteiger partial charge in [0.05, 0.1) is 9.95 Å². The molecule has 104 valence electrons. The van der Waals surface area contributed by atoms with Gasteiger partial charge in [-0.25, -0.2) is 0 Å². The Balaban J connectivity index is 2.07. The van der Waals surface area contributed by atoms with Gasteiger partial charge in [-0.3, -0.25) is 14.9 Å². The van der Waals surface area contributed by atoms with Crippen LogP contribution in [0.2, 0.25) is 5.02 Å². The van der Waals surface area contributed by atoms with Crippen LogP contribution in [0.15, 0.2) is 35.0 Å². The van der Waals surface area contributed by atoms with E-state index < -0.39 is 10.8 Å². The van der Waals surface area contributed by atoms with Gasteiger partial charge < -0.3 is 5.32 Å². The second-order valence-corrected chi connectivity index (χ2v) is 5.22. The number of amides is 1. The molecule has 1 amide bonds. The van der Waals surface area contributed by atoms with E-state index in [1.54, 1.807) is 11.3 Å². The largest absolute Gasteiger partial charge is 0.351 e. The molecule has 1 aromatic heterocycles. The van der Waals surface area contributed by atoms with Crippen molar-refractivity contribution >= 4 is 34.5 Å². The summed E-state index contributed by atoms with van der Waals surface area (Å²) in [5.74, 6) is -0.530. The highest BCUT2D eigenvalue weighted by Gasteiger charge is 2.22. The average molecular weight is 311 g/mol. The number of nitrogens with one attached hydrogen (secondary N) is 1. The number of hydrogen-bond donors (Lipinski definition) is 1. The summed E-state index contributed by atoms with van der Waals surface area (Å²) in [4.78, 5) is 22.3. The Morgan fingerprint density at radius 1 is 1.40 bits per heavy atom. The second kappa shape index (κ2) is 6.49. The molecule has 7 heteroatoms. The first-order valence-corrected chi connectivity index (χ1v) is 7.14. The first-order chi connectivity index (χ1) is 9.59. The van der Waals surface area contributed by atoms with Crippen molar-refractivity contribution in [3.63, 3.8) is 0 Å². The molecule has 0 saturated carbocycles. The number of rotatable bonds is 5. The maximum absolute atomic E-state index is 12.0. The monoisotopic (exact) mass is 310 g/mol. The summed E-state index contributed by atoms with van der Waals surface area (Å²) >= 11 is 7.46. The minimum absolute atomic E-state index is 0.0761. The molecule has 0 atom stereocenters. The second-order valence-electron chi connectivity index (χ2n) is 4.03. The Morgan fingerprint density at radius 3 is 2.85 bits per heavy atom. The fourth-order valence-electron chi connectivity index (χ4n) is 1.73. The minimum Gasteiger partial charge on any atom is -0.351 e. The van der Waals surface area contributed by atoms with Gasteiger partial charge in [-0.2, -0.15) is 11.3 Å². The fourth-order valence-corrected chi connectivity index (χ4v) is 2.69. The molecule has 0 saturated heterocycles. The zero-order valence-corrected chi connectivity index (χ0v) is 11.9. The van der Waals surface area contributed by atoms with Gasteiger partial charge in [-0.15, -0.1) is 0 Å². The van der Waals surface area contributed by atoms with Crippen molar-refractivity contribution in [1.82, 2.24) is 5.32 Å². The molecule has 0 bridgehead atoms. The van der Waals surface area contributed by atoms with E-state index in [0.29, 0.717) is 13.0 Å². The van der Waals surface area contributed by atoms with Gasteiger partial charge in [0.2, 0.25) is 0 Å². The van der Waals surface area contributed by atoms with Crippen LogP contribution in [0.4, 0.5) is 5.69 Å². The van der Waals surface area contributed by atoms with E-state index in [1.165, 1.54) is 18.2 Å². The summed E-state index contributed by atoms with van der Waals surface area (Å²) in [6.07, 6.45) is 0.674. The van der Waals surface area contributed by atoms with Gasteiger partial charge in [-0.1, -0.05) is 17.7 Å². The number of thiophene rings is 1. The van der Waals surface area contributed by atoms with Crippen LogP contribution in [0.5, 0.6) is 0 Å². The molecule has 20 heavy (non-hydrogen) atoms. The van der Waals surface area contributed by atoms with Crippen LogP contribution in [-0.4, -0.2) is 17.4 Å². The molecule has 1 aromatic carbocycles. The average Bonchev–Trinajstić information content (AvgIpc) is 2.91. The number of hydrogen-bond acceptors (Lipinski definition) is 4. The third kappa shape index (κ3) is 3.34. The molecule has 0 aliphatic heterocycles. The Bertz CT molecular complexity index is 629. The van der Waals surface area contributed by atoms with Gasteiger partial charge in [0.25, 0.3) is 11.6 Å². The quantitative estimate of drug-likeness (QED) is 0.680. The van der Waals surface area contributed by atoms with E-state index in [1.807, 2.05) is 16.8 Å². The summed E-state index contributed by atoms with van der Waals surface area (Å²) in [6.45, 7) is 0.401. The molecule has 5 nitrogen and oxygen atoms in total. The predicted molar refractivity (Wildman–Crippen MR) is 78.5 cm³/mol. The Morgan fingerprint density at radius 2 is 2.20 bits per heavy atom. The number of nitro benzene ring substituents is 1. The van der Waals surface area contributed by atoms with E-state index >= 15 is 0 Å². The molecule has 0 spiro atoms. The minimum atomic E-state index is -0.611. The zero-order valence-electron chi connectivity index (χ0n) is 10.3. The van der Waals surface area contributed by atoms with E-state index in [0.717, 1.165) is 5.56 Å². The summed E-state index contributed by atoms with van der Waals surface area (Å²) in [7, 11) is 0. The van der Waals surface area contributed by atoms with Crippen molar-refractivity contribution in [3.05, 3.63) is 61.3 Å². The summed E-state index contributed by atoms with van der Waals surface area (Å²) < 4.78 is 0. The predicted octanol–water partition coefficient (Wildman–Crippen LogP) is 3.28. The lowest BCUT2D eigenvalue weighted by atomic mass is 10.1. The lowest BCUT2D eigenvalue weighted by Crippen LogP contribution is -2.26. The van der Waals surface area contributed by atoms with Crippen LogP contribution < -0.4 is 5.32 Å². The van der Waals surface area contributed by atoms with Crippen molar-refractivity contribution in [3.8, 4) is 0 Å². The molecular weight excluding hydrogens is 300 g/mol. The summed E-state index contributed by atoms with van der Waals surface area (Å²) in [5, 5.41) is 17.6. The highest BCUT2D eigenvalue weighted by molar-refractivity contribution is 7.07. The van der Waals surface area contributed by atoms with Crippen molar-refractivity contribution in [2.24, 2.45) is 0 Å². The van der Waals surface area contributed by atoms with E-state index in [-0.39, 0.29) is 16.3 Å². The van der Waals surface area contributed by atoms with Gasteiger partial charge >= 0.3 is 0 Å². The highest BCUT2D eigenvalue weighted by atomic mass is 35.5. The van der Waals surface area contributed by atoms with Crippen LogP contribution >= 0.6 is 22.9 Å². The molecular formula is C13H11ClN2O3S. The van der Waals surface area contributed by atoms with Crippen LogP contribution in [0.1, 0.15) is 15.9 Å². The zero-order chi connectivity index (χ0) is 14.5. The third-order valence-corrected chi connectivity index (χ3v) is 3.74. The van der Waals surface area contributed by atoms with Crippen molar-refractivity contribution in [2.45, 2.75) is 6.42 Å². The molecule has 1 heterocycles. The smallest absolute Gasteiger partial charge is 0.283 e. The van der Waals surface area contributed by atoms with Crippen molar-refractivity contribution in [2.75, 3.05) is 6.54 Å². The van der Waals surface area contributed by atoms with Crippen molar-refractivity contribution < 1.29 is 9.72 Å². The Kier molecular flexibility index (Phi) is 4.70. The molecule has 0 fully saturated rings. The van der Waals surface area contributed by atoms with Crippen LogP contribution in [0.3, 0.4) is 0 Å². The van der Waals surface area contributed by atoms with Gasteiger partial charge in [-0.05, 0) is 34.9 Å². The van der Waals surface area contributed by atoms with E-state index in [9.17, 15) is 14.9 Å². The highest BCUT2D eigenvalue weighted by Crippen LogP contribution is 2.25. The van der Waals surface area contributed by atoms with Crippen molar-refractivity contribution in [1.29, 1.82) is 0 Å². The third-order valence-electron chi connectivity index (χ3n) is 2.69. The van der Waals surface area contributed by atoms with E-state index in [2.05, 4.69) is 5.32 Å². The molecule has 2 rings (SSSR count). The first kappa shape index (κ1) is 14.5. The maximum Gasteiger partial charge on any atom is 0.283 e. The molecule has 1 N–H and O–H groups in total. The molecule has 0 radical (unpaired) electrons. The van der Waals surface area contributed by atoms with Gasteiger partial charge in [0.1, 0.15) is 5.56 Å². The number of nitro groups is 1. The first-order valence-electron chi connectivity index (χ1n) is 5.82. The normalized spacial score (nSPS) is 10.2. The topological polar surface area (TPSA) is 72.2 Å². The molecule has 0 unspecified atom stereocenters. The number of benzene rings is 1. The Hall–Kier alpha value is -1.92. The van der Waals surface area contributed by atoms with Crippen LogP contribution in [0.25, 0.3) is 0 Å². The number of carbonyl (C=O) groups is 1. The van der Waals surface area contributed by atoms with Gasteiger partial charge in [0, 0.05) is 12.6 Å². The standard InChI is InChI=1S/C13H11ClN2O3S/c14-10-2-1-3-11(16(18)19)12(10)13(17)15-6-4-9-5-7-20-8-9/h1-3,5,7-8H,4,6H2,(H,15,17). The van der Waals surface area contributed by atoms with Crippen LogP contribution in [-0.2, 0) is 6.42 Å². The SMILES string of the molecule is O=C(NCCc1ccsc1)c1c(Cl)cccc1[N+](=O)[O-].